The van der Waals surface area contributed by atoms with E-state index in [1.165, 1.54) is 0 Å². The van der Waals surface area contributed by atoms with Crippen molar-refractivity contribution in [3.8, 4) is 17.1 Å². The maximum atomic E-state index is 12.6. The third-order valence-corrected chi connectivity index (χ3v) is 5.69. The van der Waals surface area contributed by atoms with Crippen molar-refractivity contribution in [3.05, 3.63) is 36.3 Å². The van der Waals surface area contributed by atoms with Crippen LogP contribution in [0.15, 0.2) is 24.7 Å². The Kier molecular flexibility index (Phi) is 5.90. The number of nitrogens with zero attached hydrogens (tertiary/aromatic N) is 7. The molecule has 1 aliphatic rings. The molecular formula is C24H32N8O. The Bertz CT molecular complexity index is 1180. The van der Waals surface area contributed by atoms with Gasteiger partial charge in [-0.25, -0.2) is 9.97 Å². The normalized spacial score (nSPS) is 15.4. The van der Waals surface area contributed by atoms with Crippen LogP contribution in [0.1, 0.15) is 72.1 Å². The molecule has 9 heteroatoms. The fourth-order valence-electron chi connectivity index (χ4n) is 4.36. The second-order valence-electron chi connectivity index (χ2n) is 9.98. The molecule has 0 aliphatic carbocycles. The maximum Gasteiger partial charge on any atom is 0.224 e. The molecule has 0 spiro atoms. The number of carbonyl (C=O) groups is 1. The van der Waals surface area contributed by atoms with Crippen LogP contribution in [0.2, 0.25) is 0 Å². The highest BCUT2D eigenvalue weighted by Crippen LogP contribution is 2.41. The van der Waals surface area contributed by atoms with Crippen LogP contribution in [0.25, 0.3) is 17.1 Å². The first-order valence-corrected chi connectivity index (χ1v) is 11.4. The topological polar surface area (TPSA) is 102 Å². The number of aromatic nitrogens is 6. The standard InChI is InChI=1S/C24H32N8O/c1-8-18-23-30-29-15(4)32(23)19-13-26-21(28-22(19)31(18)14(2)3)16-9-10-25-12-17(16)27-20(33)11-24(5,6)7/h9-10,12-14,18H,8,11H2,1-7H3,(H,27,33)/t18-/m1/s1. The Morgan fingerprint density at radius 1 is 1.21 bits per heavy atom. The van der Waals surface area contributed by atoms with E-state index in [1.807, 2.05) is 44.5 Å². The number of anilines is 2. The molecule has 3 aromatic rings. The Balaban J connectivity index is 1.80. The summed E-state index contributed by atoms with van der Waals surface area (Å²) in [5, 5.41) is 11.8. The molecule has 9 nitrogen and oxygen atoms in total. The molecule has 0 bridgehead atoms. The van der Waals surface area contributed by atoms with Gasteiger partial charge in [-0.05, 0) is 38.7 Å². The molecule has 0 unspecified atom stereocenters. The molecule has 0 radical (unpaired) electrons. The van der Waals surface area contributed by atoms with E-state index < -0.39 is 0 Å². The van der Waals surface area contributed by atoms with Crippen molar-refractivity contribution >= 4 is 17.4 Å². The average Bonchev–Trinajstić information content (AvgIpc) is 3.12. The summed E-state index contributed by atoms with van der Waals surface area (Å²) >= 11 is 0. The van der Waals surface area contributed by atoms with Crippen molar-refractivity contribution in [2.75, 3.05) is 10.2 Å². The van der Waals surface area contributed by atoms with Gasteiger partial charge in [-0.15, -0.1) is 10.2 Å². The lowest BCUT2D eigenvalue weighted by Crippen LogP contribution is -2.40. The van der Waals surface area contributed by atoms with Crippen molar-refractivity contribution < 1.29 is 4.79 Å². The summed E-state index contributed by atoms with van der Waals surface area (Å²) in [4.78, 5) is 28.8. The molecule has 33 heavy (non-hydrogen) atoms. The van der Waals surface area contributed by atoms with Crippen LogP contribution in [0.4, 0.5) is 11.5 Å². The molecule has 1 amide bonds. The fraction of sp³-hybridized carbons (Fsp3) is 0.500. The zero-order chi connectivity index (χ0) is 23.9. The van der Waals surface area contributed by atoms with Gasteiger partial charge in [-0.3, -0.25) is 14.3 Å². The van der Waals surface area contributed by atoms with Crippen LogP contribution in [0, 0.1) is 12.3 Å². The number of nitrogens with one attached hydrogen (secondary N) is 1. The van der Waals surface area contributed by atoms with Crippen LogP contribution < -0.4 is 10.2 Å². The number of amides is 1. The summed E-state index contributed by atoms with van der Waals surface area (Å²) in [5.74, 6) is 3.03. The van der Waals surface area contributed by atoms with Gasteiger partial charge in [0.1, 0.15) is 11.5 Å². The molecule has 1 atom stereocenters. The first kappa shape index (κ1) is 22.8. The summed E-state index contributed by atoms with van der Waals surface area (Å²) < 4.78 is 2.05. The van der Waals surface area contributed by atoms with E-state index in [1.54, 1.807) is 12.4 Å². The van der Waals surface area contributed by atoms with Gasteiger partial charge in [0.25, 0.3) is 0 Å². The van der Waals surface area contributed by atoms with Crippen LogP contribution in [0.3, 0.4) is 0 Å². The molecule has 0 aromatic carbocycles. The number of hydrogen-bond donors (Lipinski definition) is 1. The molecule has 4 heterocycles. The maximum absolute atomic E-state index is 12.6. The molecule has 4 rings (SSSR count). The zero-order valence-electron chi connectivity index (χ0n) is 20.4. The van der Waals surface area contributed by atoms with Crippen LogP contribution in [-0.4, -0.2) is 41.7 Å². The largest absolute Gasteiger partial charge is 0.342 e. The van der Waals surface area contributed by atoms with E-state index in [4.69, 9.17) is 4.98 Å². The molecule has 1 aliphatic heterocycles. The molecule has 3 aromatic heterocycles. The molecular weight excluding hydrogens is 416 g/mol. The van der Waals surface area contributed by atoms with E-state index in [-0.39, 0.29) is 23.4 Å². The van der Waals surface area contributed by atoms with Crippen molar-refractivity contribution in [3.63, 3.8) is 0 Å². The van der Waals surface area contributed by atoms with Crippen molar-refractivity contribution in [1.82, 2.24) is 29.7 Å². The van der Waals surface area contributed by atoms with Crippen molar-refractivity contribution in [2.45, 2.75) is 73.4 Å². The number of rotatable bonds is 5. The van der Waals surface area contributed by atoms with E-state index in [0.717, 1.165) is 35.1 Å². The summed E-state index contributed by atoms with van der Waals surface area (Å²) in [6, 6.07) is 2.10. The summed E-state index contributed by atoms with van der Waals surface area (Å²) in [5.41, 5.74) is 2.09. The number of hydrogen-bond acceptors (Lipinski definition) is 7. The lowest BCUT2D eigenvalue weighted by atomic mass is 9.92. The summed E-state index contributed by atoms with van der Waals surface area (Å²) in [6.07, 6.45) is 6.43. The monoisotopic (exact) mass is 448 g/mol. The van der Waals surface area contributed by atoms with Crippen LogP contribution in [-0.2, 0) is 4.79 Å². The summed E-state index contributed by atoms with van der Waals surface area (Å²) in [7, 11) is 0. The zero-order valence-corrected chi connectivity index (χ0v) is 20.4. The third kappa shape index (κ3) is 4.31. The van der Waals surface area contributed by atoms with Crippen molar-refractivity contribution in [2.24, 2.45) is 5.41 Å². The quantitative estimate of drug-likeness (QED) is 0.614. The van der Waals surface area contributed by atoms with Crippen molar-refractivity contribution in [1.29, 1.82) is 0 Å². The predicted octanol–water partition coefficient (Wildman–Crippen LogP) is 4.48. The first-order valence-electron chi connectivity index (χ1n) is 11.4. The number of aryl methyl sites for hydroxylation is 1. The van der Waals surface area contributed by atoms with Gasteiger partial charge in [0, 0.05) is 24.2 Å². The second kappa shape index (κ2) is 8.53. The Morgan fingerprint density at radius 3 is 2.64 bits per heavy atom. The highest BCUT2D eigenvalue weighted by molar-refractivity contribution is 5.94. The predicted molar refractivity (Wildman–Crippen MR) is 128 cm³/mol. The van der Waals surface area contributed by atoms with Gasteiger partial charge in [0.2, 0.25) is 5.91 Å². The Labute approximate surface area is 194 Å². The lowest BCUT2D eigenvalue weighted by molar-refractivity contribution is -0.117. The van der Waals surface area contributed by atoms with Gasteiger partial charge in [-0.1, -0.05) is 27.7 Å². The number of carbonyl (C=O) groups excluding carboxylic acids is 1. The van der Waals surface area contributed by atoms with Gasteiger partial charge in [0.15, 0.2) is 17.5 Å². The minimum absolute atomic E-state index is 0.0600. The lowest BCUT2D eigenvalue weighted by Gasteiger charge is -2.39. The van der Waals surface area contributed by atoms with E-state index >= 15 is 0 Å². The Hall–Kier alpha value is -3.36. The molecule has 0 saturated carbocycles. The minimum atomic E-state index is -0.115. The van der Waals surface area contributed by atoms with Crippen LogP contribution >= 0.6 is 0 Å². The fourth-order valence-corrected chi connectivity index (χ4v) is 4.36. The molecule has 1 N–H and O–H groups in total. The van der Waals surface area contributed by atoms with E-state index in [2.05, 4.69) is 51.2 Å². The molecule has 0 saturated heterocycles. The SMILES string of the molecule is CC[C@@H]1c2nnc(C)n2-c2cnc(-c3ccncc3NC(=O)CC(C)(C)C)nc2N1C(C)C. The van der Waals surface area contributed by atoms with Gasteiger partial charge < -0.3 is 10.2 Å². The molecule has 0 fully saturated rings. The second-order valence-corrected chi connectivity index (χ2v) is 9.98. The number of fused-ring (bicyclic) bond motifs is 3. The van der Waals surface area contributed by atoms with Gasteiger partial charge >= 0.3 is 0 Å². The minimum Gasteiger partial charge on any atom is -0.342 e. The third-order valence-electron chi connectivity index (χ3n) is 5.69. The average molecular weight is 449 g/mol. The van der Waals surface area contributed by atoms with Gasteiger partial charge in [0.05, 0.1) is 24.1 Å². The van der Waals surface area contributed by atoms with Crippen LogP contribution in [0.5, 0.6) is 0 Å². The highest BCUT2D eigenvalue weighted by Gasteiger charge is 2.36. The highest BCUT2D eigenvalue weighted by atomic mass is 16.1. The summed E-state index contributed by atoms with van der Waals surface area (Å²) in [6.45, 7) is 14.5. The van der Waals surface area contributed by atoms with E-state index in [0.29, 0.717) is 17.9 Å². The molecule has 174 valence electrons. The first-order chi connectivity index (χ1) is 15.6. The smallest absolute Gasteiger partial charge is 0.224 e. The number of pyridine rings is 1. The Morgan fingerprint density at radius 2 is 1.97 bits per heavy atom. The van der Waals surface area contributed by atoms with Gasteiger partial charge in [-0.2, -0.15) is 0 Å². The van der Waals surface area contributed by atoms with E-state index in [9.17, 15) is 4.79 Å².